The van der Waals surface area contributed by atoms with E-state index in [1.165, 1.54) is 60.8 Å². The molecule has 6 N–H and O–H groups in total. The highest BCUT2D eigenvalue weighted by Gasteiger charge is 2.77. The van der Waals surface area contributed by atoms with Gasteiger partial charge in [-0.3, -0.25) is 9.59 Å². The van der Waals surface area contributed by atoms with Crippen LogP contribution < -0.4 is 5.32 Å². The van der Waals surface area contributed by atoms with Gasteiger partial charge in [0.05, 0.1) is 52.8 Å². The highest BCUT2D eigenvalue weighted by Crippen LogP contribution is 2.80. The average Bonchev–Trinajstić information content (AvgIpc) is 2.74. The second kappa shape index (κ2) is 18.9. The third kappa shape index (κ3) is 8.22. The van der Waals surface area contributed by atoms with Crippen LogP contribution in [0.3, 0.4) is 0 Å². The molecule has 432 valence electrons. The van der Waals surface area contributed by atoms with Crippen LogP contribution in [0.25, 0.3) is 11.0 Å². The number of carbonyl (C=O) groups excluding carboxylic acids is 2. The largest absolute Gasteiger partial charge is 0.393 e. The van der Waals surface area contributed by atoms with Gasteiger partial charge in [-0.2, -0.15) is 0 Å². The standard InChI is InChI=1S/C68H97N3O8/c1-60(2)59(79-60)50(74)34-61(3)22-17-43-37-70-55-45(30-41-29-44(42-15-11-9-12-16-42)32-46(31-41)68(77)26-28-78-67(40-68)20-13-10-14-21-67)38-71(56(43)55)39-48-53-54(61)49(73)35-64(53,6)63(5)23-19-51-62(4,25-27-69-8)52(75)36-66(24-18-47(72)33-66)65(51,7)58(63)57(48)76/h29,31-32,37-38,42,47-48,50-51,57-59,69-70,72,74,76-77H,9-28,30,33-36,39-40H2,1-8H3. The number of benzene rings is 1. The first-order chi connectivity index (χ1) is 37.5. The third-order valence-corrected chi connectivity index (χ3v) is 25.8. The maximum absolute atomic E-state index is 15.8. The minimum absolute atomic E-state index is 0.0111. The molecule has 7 aliphatic carbocycles. The smallest absolute Gasteiger partial charge is 0.160 e. The number of hydrogen-bond donors (Lipinski definition) is 6. The Balaban J connectivity index is 0.961. The maximum atomic E-state index is 15.8. The molecule has 8 fully saturated rings. The van der Waals surface area contributed by atoms with E-state index < -0.39 is 67.9 Å². The first kappa shape index (κ1) is 55.1. The van der Waals surface area contributed by atoms with Crippen molar-refractivity contribution in [2.45, 2.75) is 256 Å². The number of aromatic amines is 1. The van der Waals surface area contributed by atoms with Crippen molar-refractivity contribution in [3.63, 3.8) is 0 Å². The van der Waals surface area contributed by atoms with Gasteiger partial charge in [0.15, 0.2) is 5.78 Å². The van der Waals surface area contributed by atoms with Gasteiger partial charge in [0.25, 0.3) is 0 Å². The zero-order valence-electron chi connectivity index (χ0n) is 49.5. The lowest BCUT2D eigenvalue weighted by Gasteiger charge is -2.74. The van der Waals surface area contributed by atoms with Crippen molar-refractivity contribution in [3.8, 4) is 0 Å². The second-order valence-corrected chi connectivity index (χ2v) is 30.5. The number of rotatable bonds is 10. The molecule has 1 aromatic carbocycles. The van der Waals surface area contributed by atoms with E-state index in [1.54, 1.807) is 0 Å². The van der Waals surface area contributed by atoms with Gasteiger partial charge in [0, 0.05) is 73.4 Å². The number of ketones is 2. The predicted molar refractivity (Wildman–Crippen MR) is 308 cm³/mol. The molecule has 11 heteroatoms. The Morgan fingerprint density at radius 1 is 0.873 bits per heavy atom. The minimum Gasteiger partial charge on any atom is -0.393 e. The number of H-pyrrole nitrogens is 1. The summed E-state index contributed by atoms with van der Waals surface area (Å²) in [5, 5.41) is 54.6. The van der Waals surface area contributed by atoms with Crippen LogP contribution in [0.4, 0.5) is 0 Å². The number of carbonyl (C=O) groups is 2. The molecule has 14 unspecified atom stereocenters. The van der Waals surface area contributed by atoms with E-state index in [0.29, 0.717) is 89.1 Å². The number of allylic oxidation sites excluding steroid dienone is 1. The Morgan fingerprint density at radius 2 is 1.62 bits per heavy atom. The summed E-state index contributed by atoms with van der Waals surface area (Å²) >= 11 is 0. The van der Waals surface area contributed by atoms with E-state index in [0.717, 1.165) is 85.7 Å². The van der Waals surface area contributed by atoms with Gasteiger partial charge in [-0.15, -0.1) is 0 Å². The number of Topliss-reactive ketones (excluding diaryl/α,β-unsaturated/α-hetero) is 2. The Morgan fingerprint density at radius 3 is 2.33 bits per heavy atom. The summed E-state index contributed by atoms with van der Waals surface area (Å²) in [5.74, 6) is 0.217. The summed E-state index contributed by atoms with van der Waals surface area (Å²) in [5.41, 5.74) is 5.04. The molecule has 2 spiro atoms. The third-order valence-electron chi connectivity index (χ3n) is 25.8. The predicted octanol–water partition coefficient (Wildman–Crippen LogP) is 11.6. The normalized spacial score (nSPS) is 42.1. The molecule has 0 radical (unpaired) electrons. The number of hydrogen-bond acceptors (Lipinski definition) is 9. The van der Waals surface area contributed by atoms with Crippen molar-refractivity contribution in [1.29, 1.82) is 0 Å². The highest BCUT2D eigenvalue weighted by atomic mass is 16.6. The number of aromatic nitrogens is 2. The average molecular weight is 1080 g/mol. The lowest BCUT2D eigenvalue weighted by molar-refractivity contribution is -0.262. The zero-order valence-corrected chi connectivity index (χ0v) is 49.5. The zero-order chi connectivity index (χ0) is 55.5. The molecule has 10 aliphatic rings. The van der Waals surface area contributed by atoms with Gasteiger partial charge in [-0.1, -0.05) is 91.3 Å². The second-order valence-electron chi connectivity index (χ2n) is 30.5. The van der Waals surface area contributed by atoms with Crippen molar-refractivity contribution in [2.75, 3.05) is 20.2 Å². The van der Waals surface area contributed by atoms with Crippen molar-refractivity contribution in [2.24, 2.45) is 50.2 Å². The summed E-state index contributed by atoms with van der Waals surface area (Å²) in [4.78, 5) is 34.6. The Bertz CT molecular complexity index is 2930. The molecule has 13 rings (SSSR count). The SMILES string of the molecule is CNCCC1(C)C(=O)CC2(CCC(O)C2)C2(C)C1CCC1(C)C2C(O)C2Cn3cc(Cc4cc(C5CCCCC5)cc(C5(O)CCOC6(CCCCC6)C5)c4)c4[nH]cc(c43)CCC(C)(CC(O)C3OC3(C)C)C3=C2C1(C)CC3=O. The molecular formula is C68H97N3O8. The summed E-state index contributed by atoms with van der Waals surface area (Å²) < 4.78 is 15.2. The summed E-state index contributed by atoms with van der Waals surface area (Å²) in [6.45, 7) is 17.5. The molecule has 11 nitrogen and oxygen atoms in total. The van der Waals surface area contributed by atoms with Crippen LogP contribution in [0, 0.1) is 50.2 Å². The molecular weight excluding hydrogens is 987 g/mol. The Kier molecular flexibility index (Phi) is 13.2. The summed E-state index contributed by atoms with van der Waals surface area (Å²) in [6, 6.07) is 7.15. The molecule has 79 heavy (non-hydrogen) atoms. The number of nitrogens with one attached hydrogen (secondary N) is 2. The first-order valence-corrected chi connectivity index (χ1v) is 31.8. The highest BCUT2D eigenvalue weighted by molar-refractivity contribution is 6.02. The summed E-state index contributed by atoms with van der Waals surface area (Å²) in [6.07, 6.45) is 22.5. The van der Waals surface area contributed by atoms with Crippen LogP contribution in [0.5, 0.6) is 0 Å². The van der Waals surface area contributed by atoms with Crippen LogP contribution in [0.1, 0.15) is 223 Å². The van der Waals surface area contributed by atoms with Gasteiger partial charge in [0.2, 0.25) is 0 Å². The van der Waals surface area contributed by atoms with Crippen LogP contribution in [0.2, 0.25) is 0 Å². The number of aliphatic hydroxyl groups excluding tert-OH is 3. The number of nitrogens with zero attached hydrogens (tertiary/aromatic N) is 1. The van der Waals surface area contributed by atoms with Gasteiger partial charge < -0.3 is 44.8 Å². The first-order valence-electron chi connectivity index (χ1n) is 31.8. The van der Waals surface area contributed by atoms with Crippen LogP contribution in [0.15, 0.2) is 41.7 Å². The fourth-order valence-corrected chi connectivity index (χ4v) is 21.5. The molecule has 2 aromatic heterocycles. The number of aliphatic hydroxyl groups is 4. The quantitative estimate of drug-likeness (QED) is 0.108. The van der Waals surface area contributed by atoms with Crippen LogP contribution in [-0.4, -0.2) is 97.4 Å². The van der Waals surface area contributed by atoms with Crippen molar-refractivity contribution < 1.29 is 39.5 Å². The van der Waals surface area contributed by atoms with E-state index in [9.17, 15) is 20.4 Å². The Labute approximate surface area is 471 Å². The van der Waals surface area contributed by atoms with Gasteiger partial charge in [0.1, 0.15) is 11.9 Å². The van der Waals surface area contributed by atoms with E-state index in [-0.39, 0.29) is 29.3 Å². The van der Waals surface area contributed by atoms with Crippen molar-refractivity contribution >= 4 is 22.6 Å². The van der Waals surface area contributed by atoms with Crippen LogP contribution >= 0.6 is 0 Å². The van der Waals surface area contributed by atoms with E-state index in [2.05, 4.69) is 80.1 Å². The van der Waals surface area contributed by atoms with Crippen LogP contribution in [-0.2, 0) is 44.1 Å². The number of epoxide rings is 1. The van der Waals surface area contributed by atoms with Gasteiger partial charge >= 0.3 is 0 Å². The van der Waals surface area contributed by atoms with Gasteiger partial charge in [-0.25, -0.2) is 0 Å². The molecule has 6 saturated carbocycles. The van der Waals surface area contributed by atoms with Crippen molar-refractivity contribution in [3.05, 3.63) is 69.6 Å². The van der Waals surface area contributed by atoms with Crippen molar-refractivity contribution in [1.82, 2.24) is 14.9 Å². The van der Waals surface area contributed by atoms with E-state index in [1.807, 2.05) is 20.9 Å². The number of ether oxygens (including phenoxy) is 2. The molecule has 3 aliphatic heterocycles. The molecule has 3 aromatic rings. The Hall–Kier alpha value is -3.16. The van der Waals surface area contributed by atoms with E-state index >= 15 is 9.59 Å². The molecule has 2 saturated heterocycles. The fraction of sp³-hybridized carbons (Fsp3) is 0.765. The summed E-state index contributed by atoms with van der Waals surface area (Å²) in [7, 11) is 1.97. The maximum Gasteiger partial charge on any atom is 0.160 e. The number of fused-ring (bicyclic) bond motifs is 5. The monoisotopic (exact) mass is 1080 g/mol. The molecule has 0 bridgehead atoms. The fourth-order valence-electron chi connectivity index (χ4n) is 21.5. The molecule has 0 amide bonds. The number of aryl methyl sites for hydroxylation is 1. The van der Waals surface area contributed by atoms with E-state index in [4.69, 9.17) is 9.47 Å². The molecule has 14 atom stereocenters. The van der Waals surface area contributed by atoms with Gasteiger partial charge in [-0.05, 0) is 184 Å². The lowest BCUT2D eigenvalue weighted by atomic mass is 9.30. The minimum atomic E-state index is -0.963. The molecule has 5 heterocycles. The topological polar surface area (TPSA) is 170 Å². The lowest BCUT2D eigenvalue weighted by Crippen LogP contribution is -2.72.